The highest BCUT2D eigenvalue weighted by Gasteiger charge is 2.18. The molecule has 0 saturated carbocycles. The smallest absolute Gasteiger partial charge is 0.231 e. The van der Waals surface area contributed by atoms with Crippen LogP contribution in [0, 0.1) is 0 Å². The first-order valence-corrected chi connectivity index (χ1v) is 7.33. The van der Waals surface area contributed by atoms with Crippen LogP contribution in [0.3, 0.4) is 0 Å². The molecule has 1 aliphatic rings. The van der Waals surface area contributed by atoms with E-state index in [1.807, 2.05) is 32.9 Å². The first-order valence-electron chi connectivity index (χ1n) is 6.95. The van der Waals surface area contributed by atoms with Gasteiger partial charge in [-0.25, -0.2) is 0 Å². The van der Waals surface area contributed by atoms with Crippen molar-refractivity contribution >= 4 is 17.5 Å². The maximum absolute atomic E-state index is 11.7. The van der Waals surface area contributed by atoms with Crippen LogP contribution in [0.25, 0.3) is 0 Å². The lowest BCUT2D eigenvalue weighted by atomic mass is 10.1. The van der Waals surface area contributed by atoms with Gasteiger partial charge in [-0.1, -0.05) is 11.6 Å². The third-order valence-corrected chi connectivity index (χ3v) is 3.14. The number of amides is 1. The van der Waals surface area contributed by atoms with Crippen LogP contribution < -0.4 is 20.1 Å². The number of hydrogen-bond acceptors (Lipinski definition) is 4. The SMILES string of the molecule is CC(C)(C)NC(=O)CCNCc1cc(Cl)c2c(c1)OCO2. The molecule has 2 rings (SSSR count). The number of benzene rings is 1. The van der Waals surface area contributed by atoms with Crippen molar-refractivity contribution in [3.05, 3.63) is 22.7 Å². The van der Waals surface area contributed by atoms with E-state index in [1.54, 1.807) is 0 Å². The number of carbonyl (C=O) groups excluding carboxylic acids is 1. The van der Waals surface area contributed by atoms with Crippen molar-refractivity contribution < 1.29 is 14.3 Å². The number of ether oxygens (including phenoxy) is 2. The summed E-state index contributed by atoms with van der Waals surface area (Å²) in [6.45, 7) is 7.33. The molecule has 1 aliphatic heterocycles. The van der Waals surface area contributed by atoms with Crippen molar-refractivity contribution in [2.45, 2.75) is 39.3 Å². The highest BCUT2D eigenvalue weighted by molar-refractivity contribution is 6.32. The van der Waals surface area contributed by atoms with Gasteiger partial charge >= 0.3 is 0 Å². The molecule has 0 spiro atoms. The van der Waals surface area contributed by atoms with Gasteiger partial charge in [0.15, 0.2) is 11.5 Å². The highest BCUT2D eigenvalue weighted by atomic mass is 35.5. The average molecular weight is 313 g/mol. The van der Waals surface area contributed by atoms with Crippen molar-refractivity contribution in [1.29, 1.82) is 0 Å². The summed E-state index contributed by atoms with van der Waals surface area (Å²) in [4.78, 5) is 11.7. The van der Waals surface area contributed by atoms with Gasteiger partial charge in [0.2, 0.25) is 12.7 Å². The minimum Gasteiger partial charge on any atom is -0.454 e. The van der Waals surface area contributed by atoms with E-state index in [9.17, 15) is 4.79 Å². The number of halogens is 1. The predicted molar refractivity (Wildman–Crippen MR) is 81.8 cm³/mol. The normalized spacial score (nSPS) is 13.3. The summed E-state index contributed by atoms with van der Waals surface area (Å²) >= 11 is 6.11. The Balaban J connectivity index is 1.77. The van der Waals surface area contributed by atoms with Crippen LogP contribution in [-0.4, -0.2) is 24.8 Å². The van der Waals surface area contributed by atoms with Crippen LogP contribution in [0.5, 0.6) is 11.5 Å². The molecule has 6 heteroatoms. The Hall–Kier alpha value is -1.46. The second-order valence-electron chi connectivity index (χ2n) is 6.04. The number of fused-ring (bicyclic) bond motifs is 1. The second-order valence-corrected chi connectivity index (χ2v) is 6.44. The zero-order chi connectivity index (χ0) is 15.5. The third-order valence-electron chi connectivity index (χ3n) is 2.86. The van der Waals surface area contributed by atoms with Crippen molar-refractivity contribution in [3.63, 3.8) is 0 Å². The molecule has 0 aromatic heterocycles. The lowest BCUT2D eigenvalue weighted by molar-refractivity contribution is -0.122. The molecule has 0 radical (unpaired) electrons. The Morgan fingerprint density at radius 1 is 1.33 bits per heavy atom. The molecule has 21 heavy (non-hydrogen) atoms. The Bertz CT molecular complexity index is 526. The molecule has 5 nitrogen and oxygen atoms in total. The van der Waals surface area contributed by atoms with Crippen molar-refractivity contribution in [2.24, 2.45) is 0 Å². The lowest BCUT2D eigenvalue weighted by Crippen LogP contribution is -2.41. The molecular formula is C15H21ClN2O3. The van der Waals surface area contributed by atoms with Gasteiger partial charge < -0.3 is 20.1 Å². The van der Waals surface area contributed by atoms with E-state index in [4.69, 9.17) is 21.1 Å². The Labute approximate surface area is 130 Å². The monoisotopic (exact) mass is 312 g/mol. The molecule has 116 valence electrons. The van der Waals surface area contributed by atoms with Crippen LogP contribution >= 0.6 is 11.6 Å². The van der Waals surface area contributed by atoms with E-state index < -0.39 is 0 Å². The Morgan fingerprint density at radius 3 is 2.81 bits per heavy atom. The van der Waals surface area contributed by atoms with Crippen molar-refractivity contribution in [3.8, 4) is 11.5 Å². The largest absolute Gasteiger partial charge is 0.454 e. The predicted octanol–water partition coefficient (Wildman–Crippen LogP) is 2.46. The fourth-order valence-electron chi connectivity index (χ4n) is 2.04. The second kappa shape index (κ2) is 6.54. The van der Waals surface area contributed by atoms with Gasteiger partial charge in [-0.2, -0.15) is 0 Å². The van der Waals surface area contributed by atoms with Gasteiger partial charge in [0.05, 0.1) is 5.02 Å². The number of nitrogens with one attached hydrogen (secondary N) is 2. The van der Waals surface area contributed by atoms with E-state index >= 15 is 0 Å². The van der Waals surface area contributed by atoms with E-state index in [0.717, 1.165) is 5.56 Å². The van der Waals surface area contributed by atoms with Gasteiger partial charge in [0.25, 0.3) is 0 Å². The molecule has 0 unspecified atom stereocenters. The zero-order valence-electron chi connectivity index (χ0n) is 12.6. The molecule has 0 aliphatic carbocycles. The van der Waals surface area contributed by atoms with Crippen molar-refractivity contribution in [2.75, 3.05) is 13.3 Å². The van der Waals surface area contributed by atoms with E-state index in [-0.39, 0.29) is 18.2 Å². The molecule has 2 N–H and O–H groups in total. The standard InChI is InChI=1S/C15H21ClN2O3/c1-15(2,3)18-13(19)4-5-17-8-10-6-11(16)14-12(7-10)20-9-21-14/h6-7,17H,4-5,8-9H2,1-3H3,(H,18,19). The Morgan fingerprint density at radius 2 is 2.10 bits per heavy atom. The molecule has 0 saturated heterocycles. The maximum Gasteiger partial charge on any atom is 0.231 e. The molecule has 0 fully saturated rings. The number of rotatable bonds is 5. The van der Waals surface area contributed by atoms with E-state index in [0.29, 0.717) is 36.0 Å². The van der Waals surface area contributed by atoms with Gasteiger partial charge in [-0.3, -0.25) is 4.79 Å². The summed E-state index contributed by atoms with van der Waals surface area (Å²) in [5, 5.41) is 6.69. The highest BCUT2D eigenvalue weighted by Crippen LogP contribution is 2.39. The fraction of sp³-hybridized carbons (Fsp3) is 0.533. The topological polar surface area (TPSA) is 59.6 Å². The molecule has 1 aromatic carbocycles. The van der Waals surface area contributed by atoms with Gasteiger partial charge in [0, 0.05) is 25.0 Å². The van der Waals surface area contributed by atoms with Crippen LogP contribution in [0.15, 0.2) is 12.1 Å². The number of carbonyl (C=O) groups is 1. The Kier molecular flexibility index (Phi) is 4.96. The summed E-state index contributed by atoms with van der Waals surface area (Å²) in [5.41, 5.74) is 0.808. The minimum atomic E-state index is -0.193. The summed E-state index contributed by atoms with van der Waals surface area (Å²) in [7, 11) is 0. The molecule has 1 aromatic rings. The van der Waals surface area contributed by atoms with Crippen molar-refractivity contribution in [1.82, 2.24) is 10.6 Å². The summed E-state index contributed by atoms with van der Waals surface area (Å²) in [5.74, 6) is 1.31. The van der Waals surface area contributed by atoms with Crippen LogP contribution in [0.1, 0.15) is 32.8 Å². The summed E-state index contributed by atoms with van der Waals surface area (Å²) in [6, 6.07) is 3.74. The molecule has 1 amide bonds. The molecule has 0 bridgehead atoms. The molecule has 0 atom stereocenters. The van der Waals surface area contributed by atoms with Gasteiger partial charge in [0.1, 0.15) is 0 Å². The summed E-state index contributed by atoms with van der Waals surface area (Å²) in [6.07, 6.45) is 0.440. The van der Waals surface area contributed by atoms with Crippen LogP contribution in [0.2, 0.25) is 5.02 Å². The van der Waals surface area contributed by atoms with Crippen LogP contribution in [0.4, 0.5) is 0 Å². The number of hydrogen-bond donors (Lipinski definition) is 2. The quantitative estimate of drug-likeness (QED) is 0.820. The zero-order valence-corrected chi connectivity index (χ0v) is 13.3. The molecule has 1 heterocycles. The van der Waals surface area contributed by atoms with Crippen LogP contribution in [-0.2, 0) is 11.3 Å². The minimum absolute atomic E-state index is 0.0405. The van der Waals surface area contributed by atoms with E-state index in [1.165, 1.54) is 0 Å². The first kappa shape index (κ1) is 15.9. The average Bonchev–Trinajstić information content (AvgIpc) is 2.81. The molecular weight excluding hydrogens is 292 g/mol. The lowest BCUT2D eigenvalue weighted by Gasteiger charge is -2.20. The fourth-order valence-corrected chi connectivity index (χ4v) is 2.33. The summed E-state index contributed by atoms with van der Waals surface area (Å²) < 4.78 is 10.6. The van der Waals surface area contributed by atoms with Gasteiger partial charge in [-0.15, -0.1) is 0 Å². The third kappa shape index (κ3) is 4.79. The first-order chi connectivity index (χ1) is 9.85. The van der Waals surface area contributed by atoms with Gasteiger partial charge in [-0.05, 0) is 38.5 Å². The maximum atomic E-state index is 11.7. The van der Waals surface area contributed by atoms with E-state index in [2.05, 4.69) is 10.6 Å².